The van der Waals surface area contributed by atoms with Crippen molar-refractivity contribution in [2.45, 2.75) is 6.42 Å². The van der Waals surface area contributed by atoms with Crippen molar-refractivity contribution in [1.29, 1.82) is 0 Å². The van der Waals surface area contributed by atoms with E-state index < -0.39 is 11.8 Å². The maximum Gasteiger partial charge on any atom is 0.311 e. The van der Waals surface area contributed by atoms with Crippen molar-refractivity contribution in [3.63, 3.8) is 0 Å². The van der Waals surface area contributed by atoms with Crippen LogP contribution in [0.4, 0.5) is 0 Å². The van der Waals surface area contributed by atoms with Gasteiger partial charge in [-0.2, -0.15) is 0 Å². The van der Waals surface area contributed by atoms with Crippen LogP contribution in [0.3, 0.4) is 0 Å². The second-order valence-electron chi connectivity index (χ2n) is 3.41. The topological polar surface area (TPSA) is 84.7 Å². The highest BCUT2D eigenvalue weighted by Crippen LogP contribution is 1.99. The molecule has 0 aromatic carbocycles. The largest absolute Gasteiger partial charge is 0.392 e. The molecular weight excluding hydrogens is 230 g/mol. The van der Waals surface area contributed by atoms with Crippen LogP contribution in [0.2, 0.25) is 0 Å². The van der Waals surface area contributed by atoms with Gasteiger partial charge in [0, 0.05) is 19.7 Å². The van der Waals surface area contributed by atoms with Crippen molar-refractivity contribution >= 4 is 29.0 Å². The van der Waals surface area contributed by atoms with Gasteiger partial charge in [-0.3, -0.25) is 9.59 Å². The summed E-state index contributed by atoms with van der Waals surface area (Å²) in [5, 5.41) is 2.36. The molecule has 0 atom stereocenters. The van der Waals surface area contributed by atoms with E-state index in [1.54, 1.807) is 0 Å². The SMILES string of the molecule is NC(=S)CNC(=O)C(=O)N1CCCOCC1. The smallest absolute Gasteiger partial charge is 0.311 e. The van der Waals surface area contributed by atoms with Crippen LogP contribution in [0.25, 0.3) is 0 Å². The molecule has 6 nitrogen and oxygen atoms in total. The number of ether oxygens (including phenoxy) is 1. The molecule has 0 aliphatic carbocycles. The molecule has 0 aromatic heterocycles. The molecule has 0 aromatic rings. The third-order valence-corrected chi connectivity index (χ3v) is 2.27. The maximum atomic E-state index is 11.6. The van der Waals surface area contributed by atoms with E-state index in [1.165, 1.54) is 4.90 Å². The van der Waals surface area contributed by atoms with Crippen molar-refractivity contribution in [3.8, 4) is 0 Å². The Morgan fingerprint density at radius 2 is 2.12 bits per heavy atom. The van der Waals surface area contributed by atoms with Crippen LogP contribution in [-0.4, -0.2) is 54.6 Å². The maximum absolute atomic E-state index is 11.6. The van der Waals surface area contributed by atoms with Crippen LogP contribution in [0, 0.1) is 0 Å². The van der Waals surface area contributed by atoms with Gasteiger partial charge in [0.25, 0.3) is 0 Å². The molecule has 1 heterocycles. The third-order valence-electron chi connectivity index (χ3n) is 2.13. The van der Waals surface area contributed by atoms with E-state index >= 15 is 0 Å². The van der Waals surface area contributed by atoms with Crippen LogP contribution >= 0.6 is 12.2 Å². The summed E-state index contributed by atoms with van der Waals surface area (Å²) in [4.78, 5) is 24.7. The number of hydrogen-bond acceptors (Lipinski definition) is 4. The first-order valence-electron chi connectivity index (χ1n) is 5.04. The minimum absolute atomic E-state index is 0.0459. The minimum Gasteiger partial charge on any atom is -0.392 e. The highest BCUT2D eigenvalue weighted by atomic mass is 32.1. The average Bonchev–Trinajstić information content (AvgIpc) is 2.53. The number of carbonyl (C=O) groups is 2. The standard InChI is InChI=1S/C9H15N3O3S/c10-7(16)6-11-8(13)9(14)12-2-1-4-15-5-3-12/h1-6H2,(H2,10,16)(H,11,13). The predicted octanol–water partition coefficient (Wildman–Crippen LogP) is -1.36. The number of rotatable bonds is 2. The quantitative estimate of drug-likeness (QED) is 0.463. The van der Waals surface area contributed by atoms with Crippen molar-refractivity contribution in [2.24, 2.45) is 5.73 Å². The molecule has 0 unspecified atom stereocenters. The van der Waals surface area contributed by atoms with E-state index in [2.05, 4.69) is 17.5 Å². The van der Waals surface area contributed by atoms with Crippen LogP contribution < -0.4 is 11.1 Å². The molecule has 90 valence electrons. The Kier molecular flexibility index (Phi) is 5.13. The lowest BCUT2D eigenvalue weighted by Crippen LogP contribution is -2.45. The zero-order valence-corrected chi connectivity index (χ0v) is 9.72. The molecule has 0 spiro atoms. The van der Waals surface area contributed by atoms with Crippen LogP contribution in [0.15, 0.2) is 0 Å². The van der Waals surface area contributed by atoms with Crippen LogP contribution in [0.5, 0.6) is 0 Å². The van der Waals surface area contributed by atoms with Crippen LogP contribution in [0.1, 0.15) is 6.42 Å². The first-order valence-corrected chi connectivity index (χ1v) is 5.45. The lowest BCUT2D eigenvalue weighted by molar-refractivity contribution is -0.145. The molecule has 0 bridgehead atoms. The normalized spacial score (nSPS) is 16.4. The first-order chi connectivity index (χ1) is 7.61. The fourth-order valence-electron chi connectivity index (χ4n) is 1.34. The summed E-state index contributed by atoms with van der Waals surface area (Å²) < 4.78 is 5.19. The van der Waals surface area contributed by atoms with E-state index in [-0.39, 0.29) is 11.5 Å². The minimum atomic E-state index is -0.672. The molecule has 1 saturated heterocycles. The first kappa shape index (κ1) is 12.9. The van der Waals surface area contributed by atoms with E-state index in [0.29, 0.717) is 26.3 Å². The fraction of sp³-hybridized carbons (Fsp3) is 0.667. The second-order valence-corrected chi connectivity index (χ2v) is 3.93. The van der Waals surface area contributed by atoms with E-state index in [0.717, 1.165) is 6.42 Å². The van der Waals surface area contributed by atoms with Gasteiger partial charge in [-0.05, 0) is 6.42 Å². The summed E-state index contributed by atoms with van der Waals surface area (Å²) in [5.74, 6) is -1.23. The molecule has 0 saturated carbocycles. The summed E-state index contributed by atoms with van der Waals surface area (Å²) >= 11 is 4.60. The molecular formula is C9H15N3O3S. The van der Waals surface area contributed by atoms with Crippen molar-refractivity contribution in [2.75, 3.05) is 32.8 Å². The highest BCUT2D eigenvalue weighted by molar-refractivity contribution is 7.80. The van der Waals surface area contributed by atoms with Gasteiger partial charge >= 0.3 is 11.8 Å². The molecule has 1 fully saturated rings. The molecule has 0 radical (unpaired) electrons. The van der Waals surface area contributed by atoms with Crippen molar-refractivity contribution in [3.05, 3.63) is 0 Å². The highest BCUT2D eigenvalue weighted by Gasteiger charge is 2.22. The number of nitrogens with one attached hydrogen (secondary N) is 1. The van der Waals surface area contributed by atoms with Crippen molar-refractivity contribution in [1.82, 2.24) is 10.2 Å². The van der Waals surface area contributed by atoms with Gasteiger partial charge in [0.2, 0.25) is 0 Å². The number of amides is 2. The molecule has 7 heteroatoms. The van der Waals surface area contributed by atoms with E-state index in [1.807, 2.05) is 0 Å². The lowest BCUT2D eigenvalue weighted by Gasteiger charge is -2.18. The molecule has 2 amide bonds. The van der Waals surface area contributed by atoms with Gasteiger partial charge in [-0.1, -0.05) is 12.2 Å². The third kappa shape index (κ3) is 4.11. The zero-order chi connectivity index (χ0) is 12.0. The second kappa shape index (κ2) is 6.39. The summed E-state index contributed by atoms with van der Waals surface area (Å²) in [5.41, 5.74) is 5.22. The number of nitrogens with zero attached hydrogens (tertiary/aromatic N) is 1. The van der Waals surface area contributed by atoms with Crippen molar-refractivity contribution < 1.29 is 14.3 Å². The number of carbonyl (C=O) groups excluding carboxylic acids is 2. The Hall–Kier alpha value is -1.21. The van der Waals surface area contributed by atoms with Gasteiger partial charge in [-0.25, -0.2) is 0 Å². The summed E-state index contributed by atoms with van der Waals surface area (Å²) in [6.45, 7) is 2.12. The Balaban J connectivity index is 2.42. The Morgan fingerprint density at radius 1 is 1.38 bits per heavy atom. The van der Waals surface area contributed by atoms with Gasteiger partial charge in [0.15, 0.2) is 0 Å². The predicted molar refractivity (Wildman–Crippen MR) is 61.8 cm³/mol. The van der Waals surface area contributed by atoms with Gasteiger partial charge < -0.3 is 20.7 Å². The molecule has 1 aliphatic heterocycles. The van der Waals surface area contributed by atoms with Gasteiger partial charge in [0.1, 0.15) is 0 Å². The number of hydrogen-bond donors (Lipinski definition) is 2. The molecule has 16 heavy (non-hydrogen) atoms. The Bertz CT molecular complexity index is 288. The van der Waals surface area contributed by atoms with E-state index in [4.69, 9.17) is 10.5 Å². The Morgan fingerprint density at radius 3 is 2.81 bits per heavy atom. The summed E-state index contributed by atoms with van der Waals surface area (Å²) in [6.07, 6.45) is 0.744. The van der Waals surface area contributed by atoms with Crippen LogP contribution in [-0.2, 0) is 14.3 Å². The fourth-order valence-corrected chi connectivity index (χ4v) is 1.41. The number of thiocarbonyl (C=S) groups is 1. The molecule has 3 N–H and O–H groups in total. The molecule has 1 aliphatic rings. The average molecular weight is 245 g/mol. The van der Waals surface area contributed by atoms with Gasteiger partial charge in [0.05, 0.1) is 18.1 Å². The summed E-state index contributed by atoms with van der Waals surface area (Å²) in [7, 11) is 0. The lowest BCUT2D eigenvalue weighted by atomic mass is 10.3. The Labute approximate surface area is 99.1 Å². The van der Waals surface area contributed by atoms with E-state index in [9.17, 15) is 9.59 Å². The van der Waals surface area contributed by atoms with Gasteiger partial charge in [-0.15, -0.1) is 0 Å². The zero-order valence-electron chi connectivity index (χ0n) is 8.90. The number of nitrogens with two attached hydrogens (primary N) is 1. The monoisotopic (exact) mass is 245 g/mol. The summed E-state index contributed by atoms with van der Waals surface area (Å²) in [6, 6.07) is 0. The molecule has 1 rings (SSSR count).